The third kappa shape index (κ3) is 2.00. The molecule has 24 heavy (non-hydrogen) atoms. The molecule has 0 aromatic heterocycles. The van der Waals surface area contributed by atoms with Crippen molar-refractivity contribution in [2.75, 3.05) is 6.61 Å². The summed E-state index contributed by atoms with van der Waals surface area (Å²) < 4.78 is 0. The van der Waals surface area contributed by atoms with Crippen LogP contribution in [0.25, 0.3) is 0 Å². The minimum absolute atomic E-state index is 0.0635. The van der Waals surface area contributed by atoms with E-state index in [-0.39, 0.29) is 35.1 Å². The molecule has 0 aromatic rings. The molecule has 0 amide bonds. The number of allylic oxidation sites excluding steroid dienone is 4. The van der Waals surface area contributed by atoms with Gasteiger partial charge in [0.05, 0.1) is 0 Å². The standard InChI is InChI=1S/C21H28O3/c1-20-10-4-3-5-13(20)6-7-14-15-8-9-16(18(24)12-22)21(15,2)11-17(23)19(14)20/h4-5,10,14-16,19,22H,3,6-9,11-12H2,1-2H3. The maximum Gasteiger partial charge on any atom is 0.161 e. The Morgan fingerprint density at radius 3 is 2.83 bits per heavy atom. The molecule has 130 valence electrons. The van der Waals surface area contributed by atoms with E-state index in [1.165, 1.54) is 5.57 Å². The Bertz CT molecular complexity index is 645. The third-order valence-corrected chi connectivity index (χ3v) is 7.85. The molecule has 0 saturated heterocycles. The van der Waals surface area contributed by atoms with Crippen LogP contribution in [0.1, 0.15) is 52.4 Å². The molecule has 1 N–H and O–H groups in total. The predicted octanol–water partition coefficient (Wildman–Crippen LogP) is 3.47. The number of hydrogen-bond donors (Lipinski definition) is 1. The van der Waals surface area contributed by atoms with Gasteiger partial charge in [-0.2, -0.15) is 0 Å². The Kier molecular flexibility index (Phi) is 3.65. The van der Waals surface area contributed by atoms with E-state index in [0.717, 1.165) is 32.1 Å². The van der Waals surface area contributed by atoms with E-state index >= 15 is 0 Å². The second-order valence-electron chi connectivity index (χ2n) is 8.84. The van der Waals surface area contributed by atoms with Crippen LogP contribution in [-0.4, -0.2) is 23.3 Å². The van der Waals surface area contributed by atoms with Crippen molar-refractivity contribution in [3.8, 4) is 0 Å². The van der Waals surface area contributed by atoms with Crippen LogP contribution >= 0.6 is 0 Å². The van der Waals surface area contributed by atoms with Gasteiger partial charge in [-0.1, -0.05) is 37.6 Å². The number of aliphatic hydroxyl groups excluding tert-OH is 1. The lowest BCUT2D eigenvalue weighted by Crippen LogP contribution is -2.54. The fourth-order valence-corrected chi connectivity index (χ4v) is 6.81. The first-order valence-corrected chi connectivity index (χ1v) is 9.45. The van der Waals surface area contributed by atoms with Crippen molar-refractivity contribution in [3.63, 3.8) is 0 Å². The zero-order valence-electron chi connectivity index (χ0n) is 14.8. The van der Waals surface area contributed by atoms with Crippen molar-refractivity contribution in [1.29, 1.82) is 0 Å². The summed E-state index contributed by atoms with van der Waals surface area (Å²) in [5.74, 6) is 1.05. The molecule has 3 fully saturated rings. The van der Waals surface area contributed by atoms with Gasteiger partial charge >= 0.3 is 0 Å². The summed E-state index contributed by atoms with van der Waals surface area (Å²) in [6.45, 7) is 4.00. The molecule has 0 aromatic carbocycles. The average Bonchev–Trinajstić information content (AvgIpc) is 2.89. The maximum absolute atomic E-state index is 13.3. The maximum atomic E-state index is 13.3. The van der Waals surface area contributed by atoms with E-state index in [9.17, 15) is 14.7 Å². The minimum Gasteiger partial charge on any atom is -0.389 e. The Labute approximate surface area is 144 Å². The Morgan fingerprint density at radius 2 is 2.08 bits per heavy atom. The second kappa shape index (κ2) is 5.39. The molecule has 0 spiro atoms. The van der Waals surface area contributed by atoms with Gasteiger partial charge in [0.25, 0.3) is 0 Å². The van der Waals surface area contributed by atoms with Crippen LogP contribution in [0.15, 0.2) is 23.8 Å². The molecule has 3 nitrogen and oxygen atoms in total. The number of hydrogen-bond acceptors (Lipinski definition) is 3. The summed E-state index contributed by atoms with van der Waals surface area (Å²) in [6.07, 6.45) is 12.3. The number of rotatable bonds is 2. The van der Waals surface area contributed by atoms with Gasteiger partial charge in [0, 0.05) is 23.7 Å². The molecule has 4 aliphatic carbocycles. The zero-order chi connectivity index (χ0) is 17.1. The molecule has 3 heteroatoms. The lowest BCUT2D eigenvalue weighted by molar-refractivity contribution is -0.145. The fraction of sp³-hybridized carbons (Fsp3) is 0.714. The van der Waals surface area contributed by atoms with Crippen LogP contribution in [0.4, 0.5) is 0 Å². The van der Waals surface area contributed by atoms with Crippen LogP contribution in [0.2, 0.25) is 0 Å². The molecule has 0 bridgehead atoms. The highest BCUT2D eigenvalue weighted by Crippen LogP contribution is 2.65. The van der Waals surface area contributed by atoms with Crippen LogP contribution in [0.5, 0.6) is 0 Å². The van der Waals surface area contributed by atoms with Gasteiger partial charge in [0.2, 0.25) is 0 Å². The van der Waals surface area contributed by atoms with Crippen molar-refractivity contribution in [1.82, 2.24) is 0 Å². The van der Waals surface area contributed by atoms with E-state index in [0.29, 0.717) is 24.0 Å². The average molecular weight is 328 g/mol. The van der Waals surface area contributed by atoms with Gasteiger partial charge < -0.3 is 5.11 Å². The zero-order valence-corrected chi connectivity index (χ0v) is 14.8. The molecule has 0 aliphatic heterocycles. The first-order valence-electron chi connectivity index (χ1n) is 9.45. The lowest BCUT2D eigenvalue weighted by atomic mass is 9.47. The van der Waals surface area contributed by atoms with E-state index in [4.69, 9.17) is 0 Å². The molecule has 4 aliphatic rings. The minimum atomic E-state index is -0.386. The number of carbonyl (C=O) groups excluding carboxylic acids is 2. The summed E-state index contributed by atoms with van der Waals surface area (Å²) in [5, 5.41) is 9.34. The first-order chi connectivity index (χ1) is 11.4. The van der Waals surface area contributed by atoms with Gasteiger partial charge in [0.1, 0.15) is 12.4 Å². The molecule has 6 atom stereocenters. The second-order valence-corrected chi connectivity index (χ2v) is 8.84. The lowest BCUT2D eigenvalue weighted by Gasteiger charge is -2.55. The summed E-state index contributed by atoms with van der Waals surface area (Å²) >= 11 is 0. The fourth-order valence-electron chi connectivity index (χ4n) is 6.81. The van der Waals surface area contributed by atoms with Crippen LogP contribution in [-0.2, 0) is 9.59 Å². The van der Waals surface area contributed by atoms with Crippen LogP contribution in [0.3, 0.4) is 0 Å². The van der Waals surface area contributed by atoms with Gasteiger partial charge in [0.15, 0.2) is 5.78 Å². The summed E-state index contributed by atoms with van der Waals surface area (Å²) in [7, 11) is 0. The molecule has 0 radical (unpaired) electrons. The van der Waals surface area contributed by atoms with Gasteiger partial charge in [-0.25, -0.2) is 0 Å². The SMILES string of the molecule is CC12C=CCC=C1CCC1C2C(=O)CC2(C)C(C(=O)CO)CCC12. The van der Waals surface area contributed by atoms with Crippen molar-refractivity contribution in [2.45, 2.75) is 52.4 Å². The molecular weight excluding hydrogens is 300 g/mol. The highest BCUT2D eigenvalue weighted by atomic mass is 16.3. The largest absolute Gasteiger partial charge is 0.389 e. The third-order valence-electron chi connectivity index (χ3n) is 7.85. The van der Waals surface area contributed by atoms with Crippen molar-refractivity contribution < 1.29 is 14.7 Å². The van der Waals surface area contributed by atoms with Crippen molar-refractivity contribution in [3.05, 3.63) is 23.8 Å². The predicted molar refractivity (Wildman–Crippen MR) is 92.2 cm³/mol. The van der Waals surface area contributed by atoms with Crippen LogP contribution < -0.4 is 0 Å². The summed E-state index contributed by atoms with van der Waals surface area (Å²) in [6, 6.07) is 0. The Morgan fingerprint density at radius 1 is 1.29 bits per heavy atom. The quantitative estimate of drug-likeness (QED) is 0.790. The van der Waals surface area contributed by atoms with Gasteiger partial charge in [-0.05, 0) is 49.4 Å². The number of Topliss-reactive ketones (excluding diaryl/α,β-unsaturated/α-hetero) is 2. The Balaban J connectivity index is 1.72. The molecule has 3 saturated carbocycles. The van der Waals surface area contributed by atoms with Crippen LogP contribution in [0, 0.1) is 34.5 Å². The van der Waals surface area contributed by atoms with Gasteiger partial charge in [-0.3, -0.25) is 9.59 Å². The number of ketones is 2. The van der Waals surface area contributed by atoms with E-state index in [1.54, 1.807) is 0 Å². The smallest absolute Gasteiger partial charge is 0.161 e. The first kappa shape index (κ1) is 16.3. The number of aliphatic hydroxyl groups is 1. The highest BCUT2D eigenvalue weighted by molar-refractivity contribution is 5.88. The summed E-state index contributed by atoms with van der Waals surface area (Å²) in [5.41, 5.74) is 1.09. The molecule has 0 heterocycles. The molecule has 4 rings (SSSR count). The monoisotopic (exact) mass is 328 g/mol. The molecule has 6 unspecified atom stereocenters. The van der Waals surface area contributed by atoms with Crippen molar-refractivity contribution >= 4 is 11.6 Å². The molecular formula is C21H28O3. The highest BCUT2D eigenvalue weighted by Gasteiger charge is 2.62. The summed E-state index contributed by atoms with van der Waals surface area (Å²) in [4.78, 5) is 25.5. The van der Waals surface area contributed by atoms with Gasteiger partial charge in [-0.15, -0.1) is 0 Å². The Hall–Kier alpha value is -1.22. The normalized spacial score (nSPS) is 46.8. The van der Waals surface area contributed by atoms with E-state index in [1.807, 2.05) is 0 Å². The topological polar surface area (TPSA) is 54.4 Å². The number of carbonyl (C=O) groups is 2. The van der Waals surface area contributed by atoms with Crippen molar-refractivity contribution in [2.24, 2.45) is 34.5 Å². The number of fused-ring (bicyclic) bond motifs is 5. The van der Waals surface area contributed by atoms with E-state index < -0.39 is 0 Å². The van der Waals surface area contributed by atoms with E-state index in [2.05, 4.69) is 32.1 Å².